The van der Waals surface area contributed by atoms with Crippen molar-refractivity contribution in [2.24, 2.45) is 0 Å². The highest BCUT2D eigenvalue weighted by atomic mass is 35.5. The molecular weight excluding hydrogens is 405 g/mol. The second-order valence-electron chi connectivity index (χ2n) is 6.60. The number of benzene rings is 1. The molecule has 0 bridgehead atoms. The van der Waals surface area contributed by atoms with Crippen LogP contribution in [0.1, 0.15) is 18.0 Å². The molecule has 0 amide bonds. The van der Waals surface area contributed by atoms with Gasteiger partial charge in [-0.25, -0.2) is 9.67 Å². The van der Waals surface area contributed by atoms with Gasteiger partial charge < -0.3 is 0 Å². The fraction of sp³-hybridized carbons (Fsp3) is 0.389. The largest absolute Gasteiger partial charge is 0.292 e. The van der Waals surface area contributed by atoms with E-state index in [1.54, 1.807) is 11.3 Å². The Hall–Kier alpha value is -1.51. The molecule has 1 saturated heterocycles. The summed E-state index contributed by atoms with van der Waals surface area (Å²) in [6.07, 6.45) is 1.41. The second-order valence-corrected chi connectivity index (χ2v) is 8.45. The number of nitrogens with zero attached hydrogens (tertiary/aromatic N) is 5. The predicted molar refractivity (Wildman–Crippen MR) is 110 cm³/mol. The van der Waals surface area contributed by atoms with Crippen molar-refractivity contribution in [1.29, 1.82) is 0 Å². The number of hydrogen-bond acceptors (Lipinski definition) is 6. The lowest BCUT2D eigenvalue weighted by atomic mass is 10.2. The van der Waals surface area contributed by atoms with Crippen LogP contribution in [0.2, 0.25) is 10.0 Å². The maximum Gasteiger partial charge on any atom is 0.288 e. The molecular formula is C18H19Cl2N5OS. The minimum atomic E-state index is -0.352. The van der Waals surface area contributed by atoms with Crippen molar-refractivity contribution < 1.29 is 0 Å². The standard InChI is InChI=1S/C18H19Cl2N5OS/c1-12(17-22-14-4-2-3-5-15(14)27-17)24-8-6-23(7-9-24)11-25-18(26)16(20)13(19)10-21-25/h2-5,10,12H,6-9,11H2,1H3. The van der Waals surface area contributed by atoms with E-state index in [1.165, 1.54) is 15.6 Å². The number of aromatic nitrogens is 3. The van der Waals surface area contributed by atoms with Gasteiger partial charge in [-0.05, 0) is 19.1 Å². The number of piperazine rings is 1. The van der Waals surface area contributed by atoms with Gasteiger partial charge in [-0.1, -0.05) is 35.3 Å². The summed E-state index contributed by atoms with van der Waals surface area (Å²) >= 11 is 13.5. The third kappa shape index (κ3) is 3.88. The van der Waals surface area contributed by atoms with Crippen LogP contribution >= 0.6 is 34.5 Å². The van der Waals surface area contributed by atoms with Crippen molar-refractivity contribution in [3.8, 4) is 0 Å². The average Bonchev–Trinajstić information content (AvgIpc) is 3.13. The molecule has 0 saturated carbocycles. The predicted octanol–water partition coefficient (Wildman–Crippen LogP) is 3.50. The van der Waals surface area contributed by atoms with Gasteiger partial charge in [0.05, 0.1) is 34.1 Å². The molecule has 27 heavy (non-hydrogen) atoms. The first-order chi connectivity index (χ1) is 13.0. The maximum atomic E-state index is 12.1. The van der Waals surface area contributed by atoms with E-state index < -0.39 is 0 Å². The quantitative estimate of drug-likeness (QED) is 0.642. The van der Waals surface area contributed by atoms with Gasteiger partial charge in [0, 0.05) is 26.2 Å². The SMILES string of the molecule is CC(c1nc2ccccc2s1)N1CCN(Cn2ncc(Cl)c(Cl)c2=O)CC1. The van der Waals surface area contributed by atoms with Gasteiger partial charge in [0.15, 0.2) is 0 Å². The maximum absolute atomic E-state index is 12.1. The highest BCUT2D eigenvalue weighted by molar-refractivity contribution is 7.18. The van der Waals surface area contributed by atoms with E-state index in [1.807, 2.05) is 12.1 Å². The summed E-state index contributed by atoms with van der Waals surface area (Å²) in [4.78, 5) is 21.6. The summed E-state index contributed by atoms with van der Waals surface area (Å²) in [5, 5.41) is 5.44. The van der Waals surface area contributed by atoms with E-state index in [4.69, 9.17) is 28.2 Å². The van der Waals surface area contributed by atoms with Gasteiger partial charge >= 0.3 is 0 Å². The summed E-state index contributed by atoms with van der Waals surface area (Å²) in [5.74, 6) is 0. The topological polar surface area (TPSA) is 54.3 Å². The summed E-state index contributed by atoms with van der Waals surface area (Å²) in [6.45, 7) is 6.14. The Labute approximate surface area is 170 Å². The van der Waals surface area contributed by atoms with Gasteiger partial charge in [0.25, 0.3) is 5.56 Å². The summed E-state index contributed by atoms with van der Waals surface area (Å²) in [5.41, 5.74) is 0.711. The van der Waals surface area contributed by atoms with E-state index in [-0.39, 0.29) is 21.6 Å². The Morgan fingerprint density at radius 3 is 2.67 bits per heavy atom. The van der Waals surface area contributed by atoms with Crippen LogP contribution in [0.25, 0.3) is 10.2 Å². The molecule has 6 nitrogen and oxygen atoms in total. The zero-order valence-corrected chi connectivity index (χ0v) is 17.1. The molecule has 2 aromatic heterocycles. The Bertz CT molecular complexity index is 979. The lowest BCUT2D eigenvalue weighted by molar-refractivity contribution is 0.0779. The van der Waals surface area contributed by atoms with Crippen molar-refractivity contribution in [3.63, 3.8) is 0 Å². The van der Waals surface area contributed by atoms with Gasteiger partial charge in [-0.2, -0.15) is 5.10 Å². The first-order valence-electron chi connectivity index (χ1n) is 8.76. The number of para-hydroxylation sites is 1. The third-order valence-corrected chi connectivity index (χ3v) is 6.85. The van der Waals surface area contributed by atoms with Crippen molar-refractivity contribution in [3.05, 3.63) is 55.9 Å². The monoisotopic (exact) mass is 423 g/mol. The van der Waals surface area contributed by atoms with Crippen LogP contribution < -0.4 is 5.56 Å². The molecule has 1 aliphatic heterocycles. The first-order valence-corrected chi connectivity index (χ1v) is 10.3. The number of rotatable bonds is 4. The third-order valence-electron chi connectivity index (χ3n) is 4.90. The van der Waals surface area contributed by atoms with Crippen LogP contribution in [0.5, 0.6) is 0 Å². The second kappa shape index (κ2) is 7.85. The lowest BCUT2D eigenvalue weighted by Gasteiger charge is -2.37. The minimum absolute atomic E-state index is 0.0229. The van der Waals surface area contributed by atoms with Gasteiger partial charge in [0.1, 0.15) is 10.0 Å². The number of hydrogen-bond donors (Lipinski definition) is 0. The zero-order valence-electron chi connectivity index (χ0n) is 14.8. The molecule has 1 aromatic carbocycles. The molecule has 0 aliphatic carbocycles. The lowest BCUT2D eigenvalue weighted by Crippen LogP contribution is -2.48. The Kier molecular flexibility index (Phi) is 5.48. The molecule has 1 atom stereocenters. The Morgan fingerprint density at radius 1 is 1.19 bits per heavy atom. The van der Waals surface area contributed by atoms with E-state index in [0.29, 0.717) is 6.67 Å². The average molecular weight is 424 g/mol. The molecule has 0 radical (unpaired) electrons. The van der Waals surface area contributed by atoms with Crippen molar-refractivity contribution in [2.45, 2.75) is 19.6 Å². The van der Waals surface area contributed by atoms with E-state index >= 15 is 0 Å². The van der Waals surface area contributed by atoms with Gasteiger partial charge in [-0.3, -0.25) is 14.6 Å². The van der Waals surface area contributed by atoms with Crippen LogP contribution in [-0.2, 0) is 6.67 Å². The molecule has 1 fully saturated rings. The molecule has 0 N–H and O–H groups in total. The van der Waals surface area contributed by atoms with Crippen LogP contribution in [0.3, 0.4) is 0 Å². The molecule has 0 spiro atoms. The van der Waals surface area contributed by atoms with Gasteiger partial charge in [-0.15, -0.1) is 11.3 Å². The minimum Gasteiger partial charge on any atom is -0.292 e. The summed E-state index contributed by atoms with van der Waals surface area (Å²) in [7, 11) is 0. The smallest absolute Gasteiger partial charge is 0.288 e. The molecule has 4 rings (SSSR count). The fourth-order valence-corrected chi connectivity index (χ4v) is 4.58. The van der Waals surface area contributed by atoms with Crippen LogP contribution in [0.4, 0.5) is 0 Å². The van der Waals surface area contributed by atoms with Crippen LogP contribution in [-0.4, -0.2) is 50.7 Å². The van der Waals surface area contributed by atoms with E-state index in [9.17, 15) is 4.79 Å². The van der Waals surface area contributed by atoms with E-state index in [2.05, 4.69) is 34.0 Å². The normalized spacial score (nSPS) is 17.4. The molecule has 3 aromatic rings. The van der Waals surface area contributed by atoms with Crippen molar-refractivity contribution in [2.75, 3.05) is 26.2 Å². The van der Waals surface area contributed by atoms with Crippen molar-refractivity contribution in [1.82, 2.24) is 24.6 Å². The number of fused-ring (bicyclic) bond motifs is 1. The van der Waals surface area contributed by atoms with Crippen molar-refractivity contribution >= 4 is 44.8 Å². The van der Waals surface area contributed by atoms with Crippen LogP contribution in [0.15, 0.2) is 35.3 Å². The number of halogens is 2. The Morgan fingerprint density at radius 2 is 1.93 bits per heavy atom. The molecule has 1 aliphatic rings. The summed E-state index contributed by atoms with van der Waals surface area (Å²) in [6, 6.07) is 8.52. The fourth-order valence-electron chi connectivity index (χ4n) is 3.25. The summed E-state index contributed by atoms with van der Waals surface area (Å²) < 4.78 is 2.59. The number of thiazole rings is 1. The Balaban J connectivity index is 1.40. The van der Waals surface area contributed by atoms with Gasteiger partial charge in [0.2, 0.25) is 0 Å². The molecule has 1 unspecified atom stereocenters. The molecule has 3 heterocycles. The highest BCUT2D eigenvalue weighted by Gasteiger charge is 2.24. The first kappa shape index (κ1) is 18.8. The van der Waals surface area contributed by atoms with Crippen LogP contribution in [0, 0.1) is 0 Å². The van der Waals surface area contributed by atoms with E-state index in [0.717, 1.165) is 36.7 Å². The zero-order chi connectivity index (χ0) is 19.0. The highest BCUT2D eigenvalue weighted by Crippen LogP contribution is 2.29. The molecule has 9 heteroatoms. The molecule has 142 valence electrons.